The van der Waals surface area contributed by atoms with Gasteiger partial charge in [-0.05, 0) is 61.7 Å². The zero-order valence-electron chi connectivity index (χ0n) is 16.1. The summed E-state index contributed by atoms with van der Waals surface area (Å²) in [5.74, 6) is -0.435. The van der Waals surface area contributed by atoms with E-state index in [1.54, 1.807) is 36.4 Å². The van der Waals surface area contributed by atoms with Gasteiger partial charge in [0.15, 0.2) is 5.78 Å². The first-order valence-electron chi connectivity index (χ1n) is 9.25. The Labute approximate surface area is 163 Å². The Morgan fingerprint density at radius 2 is 1.71 bits per heavy atom. The van der Waals surface area contributed by atoms with Crippen LogP contribution in [-0.4, -0.2) is 25.7 Å². The molecule has 0 saturated heterocycles. The number of Topliss-reactive ketones (excluding diaryl/α,β-unsaturated/α-hetero) is 1. The van der Waals surface area contributed by atoms with Crippen LogP contribution in [-0.2, 0) is 0 Å². The van der Waals surface area contributed by atoms with E-state index in [2.05, 4.69) is 0 Å². The van der Waals surface area contributed by atoms with Crippen LogP contribution in [0.1, 0.15) is 54.4 Å². The van der Waals surface area contributed by atoms with E-state index in [0.717, 1.165) is 0 Å². The van der Waals surface area contributed by atoms with E-state index in [1.807, 2.05) is 0 Å². The molecular formula is C22H25F3O3. The number of alkyl halides is 3. The van der Waals surface area contributed by atoms with Crippen LogP contribution < -0.4 is 9.47 Å². The van der Waals surface area contributed by atoms with Crippen molar-refractivity contribution in [1.82, 2.24) is 0 Å². The highest BCUT2D eigenvalue weighted by molar-refractivity contribution is 5.94. The van der Waals surface area contributed by atoms with Crippen LogP contribution in [0.2, 0.25) is 0 Å². The van der Waals surface area contributed by atoms with Gasteiger partial charge in [-0.25, -0.2) is 0 Å². The average Bonchev–Trinajstić information content (AvgIpc) is 2.66. The van der Waals surface area contributed by atoms with E-state index >= 15 is 0 Å². The Bertz CT molecular complexity index is 754. The van der Waals surface area contributed by atoms with Gasteiger partial charge in [-0.1, -0.05) is 25.0 Å². The molecule has 2 aromatic rings. The Hall–Kier alpha value is -2.50. The maximum Gasteiger partial charge on any atom is 0.395 e. The van der Waals surface area contributed by atoms with Crippen LogP contribution in [0.5, 0.6) is 11.5 Å². The third kappa shape index (κ3) is 6.59. The van der Waals surface area contributed by atoms with Crippen LogP contribution in [0, 0.1) is 0 Å². The second-order valence-corrected chi connectivity index (χ2v) is 6.65. The second kappa shape index (κ2) is 10.2. The number of halogens is 3. The van der Waals surface area contributed by atoms with Crippen molar-refractivity contribution in [2.24, 2.45) is 0 Å². The predicted octanol–water partition coefficient (Wildman–Crippen LogP) is 6.18. The molecule has 2 rings (SSSR count). The summed E-state index contributed by atoms with van der Waals surface area (Å²) >= 11 is 0. The van der Waals surface area contributed by atoms with Crippen LogP contribution in [0.25, 0.3) is 0 Å². The molecule has 0 saturated carbocycles. The topological polar surface area (TPSA) is 35.5 Å². The Kier molecular flexibility index (Phi) is 7.91. The molecule has 0 aromatic heterocycles. The highest BCUT2D eigenvalue weighted by atomic mass is 19.4. The molecule has 0 aliphatic heterocycles. The van der Waals surface area contributed by atoms with E-state index < -0.39 is 12.1 Å². The summed E-state index contributed by atoms with van der Waals surface area (Å²) in [7, 11) is 1.44. The molecule has 3 nitrogen and oxygen atoms in total. The number of ether oxygens (including phenoxy) is 2. The van der Waals surface area contributed by atoms with E-state index in [-0.39, 0.29) is 17.8 Å². The molecule has 152 valence electrons. The molecule has 0 bridgehead atoms. The van der Waals surface area contributed by atoms with Gasteiger partial charge in [0.2, 0.25) is 0 Å². The molecular weight excluding hydrogens is 369 g/mol. The predicted molar refractivity (Wildman–Crippen MR) is 102 cm³/mol. The normalized spacial score (nSPS) is 12.5. The van der Waals surface area contributed by atoms with Gasteiger partial charge in [0.25, 0.3) is 0 Å². The fourth-order valence-corrected chi connectivity index (χ4v) is 2.98. The fraction of sp³-hybridized carbons (Fsp3) is 0.409. The van der Waals surface area contributed by atoms with Gasteiger partial charge in [-0.3, -0.25) is 4.79 Å². The number of hydrogen-bond donors (Lipinski definition) is 0. The van der Waals surface area contributed by atoms with Crippen molar-refractivity contribution in [3.63, 3.8) is 0 Å². The fourth-order valence-electron chi connectivity index (χ4n) is 2.98. The molecule has 0 radical (unpaired) electrons. The van der Waals surface area contributed by atoms with Crippen LogP contribution in [0.3, 0.4) is 0 Å². The highest BCUT2D eigenvalue weighted by Crippen LogP contribution is 2.39. The molecule has 28 heavy (non-hydrogen) atoms. The lowest BCUT2D eigenvalue weighted by Crippen LogP contribution is -2.21. The molecule has 0 aliphatic carbocycles. The summed E-state index contributed by atoms with van der Waals surface area (Å²) in [6.07, 6.45) is -2.50. The largest absolute Gasteiger partial charge is 0.497 e. The lowest BCUT2D eigenvalue weighted by molar-refractivity contribution is -0.152. The summed E-state index contributed by atoms with van der Waals surface area (Å²) in [6, 6.07) is 13.0. The molecule has 1 atom stereocenters. The van der Waals surface area contributed by atoms with Gasteiger partial charge in [0, 0.05) is 5.56 Å². The van der Waals surface area contributed by atoms with Gasteiger partial charge in [0.05, 0.1) is 19.6 Å². The zero-order chi connectivity index (χ0) is 20.6. The third-order valence-corrected chi connectivity index (χ3v) is 4.56. The van der Waals surface area contributed by atoms with E-state index in [1.165, 1.54) is 26.2 Å². The van der Waals surface area contributed by atoms with Crippen molar-refractivity contribution in [2.45, 2.75) is 44.7 Å². The summed E-state index contributed by atoms with van der Waals surface area (Å²) in [5.41, 5.74) is 0.844. The lowest BCUT2D eigenvalue weighted by atomic mass is 9.92. The van der Waals surface area contributed by atoms with Gasteiger partial charge < -0.3 is 9.47 Å². The molecule has 6 heteroatoms. The van der Waals surface area contributed by atoms with Crippen molar-refractivity contribution in [1.29, 1.82) is 0 Å². The van der Waals surface area contributed by atoms with Crippen molar-refractivity contribution >= 4 is 5.78 Å². The molecule has 0 N–H and O–H groups in total. The van der Waals surface area contributed by atoms with Crippen molar-refractivity contribution < 1.29 is 27.4 Å². The third-order valence-electron chi connectivity index (χ3n) is 4.56. The molecule has 0 spiro atoms. The van der Waals surface area contributed by atoms with Crippen molar-refractivity contribution in [3.8, 4) is 11.5 Å². The summed E-state index contributed by atoms with van der Waals surface area (Å²) in [4.78, 5) is 11.2. The number of unbranched alkanes of at least 4 members (excludes halogenated alkanes) is 2. The number of ketones is 1. The molecule has 2 aromatic carbocycles. The van der Waals surface area contributed by atoms with Crippen molar-refractivity contribution in [3.05, 3.63) is 59.7 Å². The maximum absolute atomic E-state index is 13.4. The average molecular weight is 394 g/mol. The number of carbonyl (C=O) groups excluding carboxylic acids is 1. The molecule has 0 aliphatic rings. The van der Waals surface area contributed by atoms with Gasteiger partial charge in [-0.15, -0.1) is 0 Å². The number of hydrogen-bond acceptors (Lipinski definition) is 3. The van der Waals surface area contributed by atoms with Crippen LogP contribution >= 0.6 is 0 Å². The van der Waals surface area contributed by atoms with Crippen LogP contribution in [0.15, 0.2) is 48.5 Å². The number of rotatable bonds is 10. The first kappa shape index (κ1) is 21.8. The molecule has 0 unspecified atom stereocenters. The summed E-state index contributed by atoms with van der Waals surface area (Å²) in [5, 5.41) is 0. The minimum absolute atomic E-state index is 0.0122. The lowest BCUT2D eigenvalue weighted by Gasteiger charge is -2.21. The number of benzene rings is 2. The van der Waals surface area contributed by atoms with Crippen LogP contribution in [0.4, 0.5) is 13.2 Å². The van der Waals surface area contributed by atoms with E-state index in [9.17, 15) is 18.0 Å². The Balaban J connectivity index is 1.78. The molecule has 0 heterocycles. The summed E-state index contributed by atoms with van der Waals surface area (Å²) < 4.78 is 50.9. The van der Waals surface area contributed by atoms with Gasteiger partial charge in [0.1, 0.15) is 11.5 Å². The van der Waals surface area contributed by atoms with Gasteiger partial charge in [-0.2, -0.15) is 13.2 Å². The molecule has 0 fully saturated rings. The zero-order valence-corrected chi connectivity index (χ0v) is 16.1. The Morgan fingerprint density at radius 3 is 2.32 bits per heavy atom. The first-order chi connectivity index (χ1) is 13.3. The monoisotopic (exact) mass is 394 g/mol. The quantitative estimate of drug-likeness (QED) is 0.356. The number of carbonyl (C=O) groups is 1. The van der Waals surface area contributed by atoms with E-state index in [4.69, 9.17) is 9.47 Å². The minimum atomic E-state index is -4.29. The molecule has 0 amide bonds. The van der Waals surface area contributed by atoms with Crippen molar-refractivity contribution in [2.75, 3.05) is 13.7 Å². The first-order valence-corrected chi connectivity index (χ1v) is 9.25. The standard InChI is InChI=1S/C22H25F3O3/c1-16(26)17-10-12-19(13-11-17)28-14-5-3-4-9-21(22(23,24)25)18-7-6-8-20(15-18)27-2/h6-8,10-13,15,21H,3-5,9,14H2,1-2H3/t21-/m1/s1. The highest BCUT2D eigenvalue weighted by Gasteiger charge is 2.40. The smallest absolute Gasteiger partial charge is 0.395 e. The SMILES string of the molecule is COc1cccc([C@@H](CCCCCOc2ccc(C(C)=O)cc2)C(F)(F)F)c1. The summed E-state index contributed by atoms with van der Waals surface area (Å²) in [6.45, 7) is 1.92. The Morgan fingerprint density at radius 1 is 1.00 bits per heavy atom. The van der Waals surface area contributed by atoms with Gasteiger partial charge >= 0.3 is 6.18 Å². The number of methoxy groups -OCH3 is 1. The van der Waals surface area contributed by atoms with E-state index in [0.29, 0.717) is 42.9 Å². The maximum atomic E-state index is 13.4. The minimum Gasteiger partial charge on any atom is -0.497 e. The second-order valence-electron chi connectivity index (χ2n) is 6.65.